The number of thiazole rings is 1. The van der Waals surface area contributed by atoms with Crippen LogP contribution in [0.15, 0.2) is 35.6 Å². The van der Waals surface area contributed by atoms with E-state index < -0.39 is 0 Å². The monoisotopic (exact) mass is 289 g/mol. The first kappa shape index (κ1) is 14.2. The van der Waals surface area contributed by atoms with Gasteiger partial charge in [0.25, 0.3) is 5.91 Å². The molecule has 0 aliphatic rings. The largest absolute Gasteiger partial charge is 0.399 e. The zero-order valence-corrected chi connectivity index (χ0v) is 12.1. The Bertz CT molecular complexity index is 605. The minimum absolute atomic E-state index is 0.105. The van der Waals surface area contributed by atoms with Gasteiger partial charge < -0.3 is 10.2 Å². The van der Waals surface area contributed by atoms with Crippen LogP contribution in [-0.2, 0) is 11.4 Å². The summed E-state index contributed by atoms with van der Waals surface area (Å²) >= 11 is 1.58. The van der Waals surface area contributed by atoms with E-state index in [0.29, 0.717) is 12.1 Å². The van der Waals surface area contributed by atoms with E-state index in [1.165, 1.54) is 7.11 Å². The van der Waals surface area contributed by atoms with E-state index in [9.17, 15) is 4.79 Å². The number of benzene rings is 1. The molecular weight excluding hydrogens is 274 g/mol. The van der Waals surface area contributed by atoms with E-state index in [1.807, 2.05) is 19.1 Å². The second-order valence-corrected chi connectivity index (χ2v) is 5.39. The molecule has 0 spiro atoms. The Morgan fingerprint density at radius 1 is 1.45 bits per heavy atom. The van der Waals surface area contributed by atoms with Crippen molar-refractivity contribution >= 4 is 23.5 Å². The zero-order chi connectivity index (χ0) is 14.4. The zero-order valence-electron chi connectivity index (χ0n) is 11.3. The SMILES string of the molecule is CON=Cc1ccc(C(=O)NCc2cnc(C)s2)cc1. The number of nitrogens with zero attached hydrogens (tertiary/aromatic N) is 2. The first-order valence-corrected chi connectivity index (χ1v) is 6.87. The molecule has 1 heterocycles. The predicted octanol–water partition coefficient (Wildman–Crippen LogP) is 2.36. The molecule has 0 fully saturated rings. The van der Waals surface area contributed by atoms with E-state index in [2.05, 4.69) is 20.3 Å². The van der Waals surface area contributed by atoms with Crippen LogP contribution in [0.4, 0.5) is 0 Å². The minimum Gasteiger partial charge on any atom is -0.399 e. The Morgan fingerprint density at radius 2 is 2.20 bits per heavy atom. The van der Waals surface area contributed by atoms with Crippen LogP contribution in [0.5, 0.6) is 0 Å². The number of hydrogen-bond donors (Lipinski definition) is 1. The lowest BCUT2D eigenvalue weighted by Gasteiger charge is -2.03. The molecule has 0 unspecified atom stereocenters. The molecule has 1 amide bonds. The summed E-state index contributed by atoms with van der Waals surface area (Å²) in [6, 6.07) is 7.14. The smallest absolute Gasteiger partial charge is 0.251 e. The summed E-state index contributed by atoms with van der Waals surface area (Å²) in [5.41, 5.74) is 1.49. The summed E-state index contributed by atoms with van der Waals surface area (Å²) in [5, 5.41) is 7.52. The lowest BCUT2D eigenvalue weighted by molar-refractivity contribution is 0.0951. The molecule has 20 heavy (non-hydrogen) atoms. The van der Waals surface area contributed by atoms with Crippen LogP contribution in [0.1, 0.15) is 25.8 Å². The van der Waals surface area contributed by atoms with Crippen molar-refractivity contribution in [2.75, 3.05) is 7.11 Å². The molecule has 2 aromatic rings. The number of oxime groups is 1. The number of nitrogens with one attached hydrogen (secondary N) is 1. The van der Waals surface area contributed by atoms with E-state index in [4.69, 9.17) is 0 Å². The maximum absolute atomic E-state index is 12.0. The average Bonchev–Trinajstić information content (AvgIpc) is 2.89. The molecule has 0 saturated heterocycles. The Morgan fingerprint density at radius 3 is 2.80 bits per heavy atom. The van der Waals surface area contributed by atoms with Crippen molar-refractivity contribution in [3.8, 4) is 0 Å². The molecule has 6 heteroatoms. The standard InChI is InChI=1S/C14H15N3O2S/c1-10-15-8-13(20-10)9-16-14(18)12-5-3-11(4-6-12)7-17-19-2/h3-8H,9H2,1-2H3,(H,16,18). The van der Waals surface area contributed by atoms with Gasteiger partial charge in [0.15, 0.2) is 0 Å². The van der Waals surface area contributed by atoms with Gasteiger partial charge in [-0.25, -0.2) is 4.98 Å². The van der Waals surface area contributed by atoms with Gasteiger partial charge in [0.2, 0.25) is 0 Å². The molecule has 1 N–H and O–H groups in total. The van der Waals surface area contributed by atoms with Gasteiger partial charge in [0.05, 0.1) is 17.8 Å². The van der Waals surface area contributed by atoms with Crippen LogP contribution in [0.2, 0.25) is 0 Å². The fraction of sp³-hybridized carbons (Fsp3) is 0.214. The van der Waals surface area contributed by atoms with Crippen molar-refractivity contribution in [1.29, 1.82) is 0 Å². The van der Waals surface area contributed by atoms with Gasteiger partial charge in [0.1, 0.15) is 7.11 Å². The van der Waals surface area contributed by atoms with Gasteiger partial charge in [-0.3, -0.25) is 4.79 Å². The van der Waals surface area contributed by atoms with E-state index in [1.54, 1.807) is 35.9 Å². The highest BCUT2D eigenvalue weighted by atomic mass is 32.1. The number of hydrogen-bond acceptors (Lipinski definition) is 5. The topological polar surface area (TPSA) is 63.6 Å². The Labute approximate surface area is 121 Å². The fourth-order valence-electron chi connectivity index (χ4n) is 1.59. The van der Waals surface area contributed by atoms with Gasteiger partial charge in [-0.2, -0.15) is 0 Å². The molecule has 0 atom stereocenters. The summed E-state index contributed by atoms with van der Waals surface area (Å²) in [6.07, 6.45) is 3.37. The molecule has 0 radical (unpaired) electrons. The molecule has 1 aromatic heterocycles. The highest BCUT2D eigenvalue weighted by Crippen LogP contribution is 2.11. The summed E-state index contributed by atoms with van der Waals surface area (Å²) in [4.78, 5) is 21.8. The maximum Gasteiger partial charge on any atom is 0.251 e. The second-order valence-electron chi connectivity index (χ2n) is 4.07. The minimum atomic E-state index is -0.105. The summed E-state index contributed by atoms with van der Waals surface area (Å²) in [7, 11) is 1.49. The van der Waals surface area contributed by atoms with Crippen molar-refractivity contribution < 1.29 is 9.63 Å². The van der Waals surface area contributed by atoms with Crippen LogP contribution in [0.3, 0.4) is 0 Å². The molecule has 0 aliphatic heterocycles. The lowest BCUT2D eigenvalue weighted by Crippen LogP contribution is -2.22. The molecule has 2 rings (SSSR count). The van der Waals surface area contributed by atoms with Gasteiger partial charge >= 0.3 is 0 Å². The summed E-state index contributed by atoms with van der Waals surface area (Å²) in [6.45, 7) is 2.44. The van der Waals surface area contributed by atoms with E-state index in [0.717, 1.165) is 15.4 Å². The Kier molecular flexibility index (Phi) is 4.84. The average molecular weight is 289 g/mol. The number of carbonyl (C=O) groups excluding carboxylic acids is 1. The molecule has 0 aliphatic carbocycles. The van der Waals surface area contributed by atoms with Gasteiger partial charge in [-0.1, -0.05) is 17.3 Å². The molecule has 5 nitrogen and oxygen atoms in total. The molecule has 0 bridgehead atoms. The highest BCUT2D eigenvalue weighted by Gasteiger charge is 2.06. The Balaban J connectivity index is 1.93. The van der Waals surface area contributed by atoms with Gasteiger partial charge in [-0.15, -0.1) is 11.3 Å². The van der Waals surface area contributed by atoms with Gasteiger partial charge in [-0.05, 0) is 24.6 Å². The quantitative estimate of drug-likeness (QED) is 0.679. The molecule has 1 aromatic carbocycles. The highest BCUT2D eigenvalue weighted by molar-refractivity contribution is 7.11. The molecular formula is C14H15N3O2S. The van der Waals surface area contributed by atoms with Crippen molar-refractivity contribution in [3.05, 3.63) is 51.5 Å². The number of aryl methyl sites for hydroxylation is 1. The molecule has 0 saturated carbocycles. The number of aromatic nitrogens is 1. The normalized spacial score (nSPS) is 10.7. The lowest BCUT2D eigenvalue weighted by atomic mass is 10.1. The van der Waals surface area contributed by atoms with Crippen molar-refractivity contribution in [2.45, 2.75) is 13.5 Å². The third kappa shape index (κ3) is 3.89. The van der Waals surface area contributed by atoms with Crippen LogP contribution >= 0.6 is 11.3 Å². The second kappa shape index (κ2) is 6.81. The first-order valence-electron chi connectivity index (χ1n) is 6.05. The third-order valence-electron chi connectivity index (χ3n) is 2.57. The van der Waals surface area contributed by atoms with Crippen molar-refractivity contribution in [3.63, 3.8) is 0 Å². The van der Waals surface area contributed by atoms with Crippen LogP contribution in [-0.4, -0.2) is 24.2 Å². The fourth-order valence-corrected chi connectivity index (χ4v) is 2.33. The number of amides is 1. The summed E-state index contributed by atoms with van der Waals surface area (Å²) in [5.74, 6) is -0.105. The maximum atomic E-state index is 12.0. The molecule has 104 valence electrons. The number of rotatable bonds is 5. The predicted molar refractivity (Wildman–Crippen MR) is 79.1 cm³/mol. The third-order valence-corrected chi connectivity index (χ3v) is 3.49. The van der Waals surface area contributed by atoms with E-state index in [-0.39, 0.29) is 5.91 Å². The summed E-state index contributed by atoms with van der Waals surface area (Å²) < 4.78 is 0. The first-order chi connectivity index (χ1) is 9.69. The van der Waals surface area contributed by atoms with E-state index >= 15 is 0 Å². The van der Waals surface area contributed by atoms with Crippen molar-refractivity contribution in [1.82, 2.24) is 10.3 Å². The van der Waals surface area contributed by atoms with Gasteiger partial charge in [0, 0.05) is 16.6 Å². The van der Waals surface area contributed by atoms with Crippen molar-refractivity contribution in [2.24, 2.45) is 5.16 Å². The number of carbonyl (C=O) groups is 1. The van der Waals surface area contributed by atoms with Crippen LogP contribution in [0.25, 0.3) is 0 Å². The van der Waals surface area contributed by atoms with Crippen LogP contribution in [0, 0.1) is 6.92 Å². The van der Waals surface area contributed by atoms with Crippen LogP contribution < -0.4 is 5.32 Å². The Hall–Kier alpha value is -2.21.